The lowest BCUT2D eigenvalue weighted by atomic mass is 10.1. The molecule has 6 rings (SSSR count). The Kier molecular flexibility index (Phi) is 10.5. The fraction of sp³-hybridized carbons (Fsp3) is 0.432. The Balaban J connectivity index is 0.000000228. The largest absolute Gasteiger partial charge is 0.459 e. The zero-order chi connectivity index (χ0) is 36.9. The molecule has 2 fully saturated rings. The molecule has 2 aliphatic rings. The van der Waals surface area contributed by atoms with Gasteiger partial charge >= 0.3 is 11.9 Å². The van der Waals surface area contributed by atoms with Crippen molar-refractivity contribution < 1.29 is 27.5 Å². The van der Waals surface area contributed by atoms with Crippen LogP contribution in [0.4, 0.5) is 0 Å². The van der Waals surface area contributed by atoms with Crippen molar-refractivity contribution >= 4 is 55.9 Å². The summed E-state index contributed by atoms with van der Waals surface area (Å²) in [6.07, 6.45) is 3.51. The third-order valence-electron chi connectivity index (χ3n) is 8.98. The quantitative estimate of drug-likeness (QED) is 0.146. The predicted molar refractivity (Wildman–Crippen MR) is 203 cm³/mol. The number of hydrogen-bond donors (Lipinski definition) is 2. The van der Waals surface area contributed by atoms with Gasteiger partial charge in [0.15, 0.2) is 0 Å². The zero-order valence-corrected chi connectivity index (χ0v) is 33.3. The molecule has 0 radical (unpaired) electrons. The van der Waals surface area contributed by atoms with Crippen molar-refractivity contribution in [2.45, 2.75) is 93.7 Å². The second-order valence-corrected chi connectivity index (χ2v) is 19.2. The van der Waals surface area contributed by atoms with Crippen LogP contribution in [0.15, 0.2) is 89.4 Å². The highest BCUT2D eigenvalue weighted by molar-refractivity contribution is 14.1. The van der Waals surface area contributed by atoms with E-state index < -0.39 is 38.3 Å². The second-order valence-electron chi connectivity index (χ2n) is 15.0. The Bertz CT molecular complexity index is 1950. The third kappa shape index (κ3) is 7.86. The second kappa shape index (κ2) is 13.8. The summed E-state index contributed by atoms with van der Waals surface area (Å²) in [6, 6.07) is 22.6. The molecular weight excluding hydrogens is 787 g/mol. The Labute approximate surface area is 312 Å². The van der Waals surface area contributed by atoms with E-state index in [9.17, 15) is 18.0 Å². The van der Waals surface area contributed by atoms with Gasteiger partial charge in [0.2, 0.25) is 0 Å². The Morgan fingerprint density at radius 2 is 1.36 bits per heavy atom. The number of nitrogens with two attached hydrogens (primary N) is 1. The zero-order valence-electron chi connectivity index (χ0n) is 29.5. The lowest BCUT2D eigenvalue weighted by Gasteiger charge is -2.25. The highest BCUT2D eigenvalue weighted by Crippen LogP contribution is 2.59. The van der Waals surface area contributed by atoms with E-state index in [1.54, 1.807) is 37.7 Å². The number of hydrogen-bond acceptors (Lipinski definition) is 9. The van der Waals surface area contributed by atoms with E-state index in [1.165, 1.54) is 6.07 Å². The van der Waals surface area contributed by atoms with Gasteiger partial charge in [0.1, 0.15) is 31.5 Å². The van der Waals surface area contributed by atoms with Crippen molar-refractivity contribution in [1.82, 2.24) is 14.5 Å². The van der Waals surface area contributed by atoms with Crippen LogP contribution in [0.3, 0.4) is 0 Å². The lowest BCUT2D eigenvalue weighted by molar-refractivity contribution is -0.159. The number of nitrogens with zero attached hydrogens (tertiary/aromatic N) is 2. The van der Waals surface area contributed by atoms with E-state index in [0.29, 0.717) is 5.00 Å². The van der Waals surface area contributed by atoms with Crippen LogP contribution in [0, 0.1) is 15.4 Å². The molecule has 0 amide bonds. The van der Waals surface area contributed by atoms with Crippen molar-refractivity contribution in [3.05, 3.63) is 99.9 Å². The summed E-state index contributed by atoms with van der Waals surface area (Å²) in [5.41, 5.74) is 4.78. The summed E-state index contributed by atoms with van der Waals surface area (Å²) in [6.45, 7) is 14.8. The molecule has 0 aliphatic heterocycles. The molecule has 2 heterocycles. The predicted octanol–water partition coefficient (Wildman–Crippen LogP) is 6.79. The van der Waals surface area contributed by atoms with Crippen LogP contribution in [0.5, 0.6) is 0 Å². The summed E-state index contributed by atoms with van der Waals surface area (Å²) in [4.78, 5) is 25.5. The molecule has 4 aromatic rings. The highest BCUT2D eigenvalue weighted by Gasteiger charge is 2.71. The number of benzene rings is 2. The van der Waals surface area contributed by atoms with Crippen LogP contribution in [0.25, 0.3) is 5.00 Å². The molecule has 13 heteroatoms. The number of sulfonamides is 1. The number of aromatic nitrogens is 2. The van der Waals surface area contributed by atoms with Gasteiger partial charge < -0.3 is 15.2 Å². The molecule has 10 nitrogen and oxygen atoms in total. The maximum Gasteiger partial charge on any atom is 0.328 e. The average Bonchev–Trinajstić information content (AvgIpc) is 3.50. The number of carbonyl (C=O) groups is 2. The van der Waals surface area contributed by atoms with Gasteiger partial charge in [-0.1, -0.05) is 74.5 Å². The van der Waals surface area contributed by atoms with Crippen LogP contribution in [0.1, 0.15) is 78.4 Å². The summed E-state index contributed by atoms with van der Waals surface area (Å²) >= 11 is 3.24. The molecule has 2 aromatic heterocycles. The standard InChI is InChI=1S/C22H24IN3O4S2.C15H21NO2/c1-14-19(15-8-6-5-7-9-15)22(14,20(27)30-21(2,3)4)25-32(28,29)18-11-10-17(31-18)26-13-16(23)12-24-26;1-10-12(11-8-6-5-7-9-11)15(10,16)13(17)18-14(2,3)4/h5-14,19,25H,1-4H3;5-10,12H,16H2,1-4H3/t14?,19-,22+;10?,12-,15+/m11/s1. The maximum atomic E-state index is 13.4. The van der Waals surface area contributed by atoms with Gasteiger partial charge in [-0.3, -0.25) is 4.79 Å². The van der Waals surface area contributed by atoms with Gasteiger partial charge in [0.05, 0.1) is 9.77 Å². The van der Waals surface area contributed by atoms with Crippen LogP contribution < -0.4 is 10.5 Å². The van der Waals surface area contributed by atoms with Gasteiger partial charge in [-0.15, -0.1) is 11.3 Å². The number of halogens is 1. The highest BCUT2D eigenvalue weighted by atomic mass is 127. The van der Waals surface area contributed by atoms with E-state index in [0.717, 1.165) is 26.0 Å². The van der Waals surface area contributed by atoms with Gasteiger partial charge in [-0.25, -0.2) is 17.9 Å². The fourth-order valence-corrected chi connectivity index (χ4v) is 9.48. The number of nitrogens with one attached hydrogen (secondary N) is 1. The SMILES string of the molecule is CC1[C@H](c2ccccc2)[C@]1(N)C(=O)OC(C)(C)C.CC1[C@H](c2ccccc2)[C@]1(NS(=O)(=O)c1ccc(-n2cc(I)cn2)s1)C(=O)OC(C)(C)C. The first kappa shape index (κ1) is 38.1. The third-order valence-corrected chi connectivity index (χ3v) is 12.6. The molecular formula is C37H45IN4O6S2. The molecule has 2 unspecified atom stereocenters. The minimum absolute atomic E-state index is 0.0635. The number of carbonyl (C=O) groups excluding carboxylic acids is 2. The van der Waals surface area contributed by atoms with E-state index >= 15 is 0 Å². The smallest absolute Gasteiger partial charge is 0.328 e. The number of thiophene rings is 1. The van der Waals surface area contributed by atoms with Gasteiger partial charge in [-0.05, 0) is 99.2 Å². The van der Waals surface area contributed by atoms with Gasteiger partial charge in [0.25, 0.3) is 10.0 Å². The van der Waals surface area contributed by atoms with Gasteiger partial charge in [-0.2, -0.15) is 9.82 Å². The summed E-state index contributed by atoms with van der Waals surface area (Å²) in [7, 11) is -3.99. The normalized spacial score (nSPS) is 26.0. The fourth-order valence-electron chi connectivity index (χ4n) is 6.41. The van der Waals surface area contributed by atoms with Crippen molar-refractivity contribution in [3.8, 4) is 5.00 Å². The molecule has 3 N–H and O–H groups in total. The lowest BCUT2D eigenvalue weighted by Crippen LogP contribution is -2.48. The summed E-state index contributed by atoms with van der Waals surface area (Å²) in [5, 5.41) is 4.90. The molecule has 0 saturated heterocycles. The van der Waals surface area contributed by atoms with Gasteiger partial charge in [0, 0.05) is 18.0 Å². The summed E-state index contributed by atoms with van der Waals surface area (Å²) < 4.78 is 43.3. The molecule has 2 aromatic carbocycles. The Hall–Kier alpha value is -3.11. The van der Waals surface area contributed by atoms with Crippen molar-refractivity contribution in [1.29, 1.82) is 0 Å². The van der Waals surface area contributed by atoms with Crippen molar-refractivity contribution in [2.75, 3.05) is 0 Å². The van der Waals surface area contributed by atoms with Crippen LogP contribution in [0.2, 0.25) is 0 Å². The first-order chi connectivity index (χ1) is 23.2. The number of ether oxygens (including phenoxy) is 2. The van der Waals surface area contributed by atoms with Crippen LogP contribution >= 0.6 is 33.9 Å². The molecule has 2 aliphatic carbocycles. The monoisotopic (exact) mass is 832 g/mol. The van der Waals surface area contributed by atoms with E-state index in [2.05, 4.69) is 32.4 Å². The first-order valence-corrected chi connectivity index (χ1v) is 19.8. The molecule has 0 bridgehead atoms. The first-order valence-electron chi connectivity index (χ1n) is 16.4. The molecule has 50 heavy (non-hydrogen) atoms. The van der Waals surface area contributed by atoms with Crippen LogP contribution in [-0.4, -0.2) is 52.4 Å². The molecule has 0 spiro atoms. The molecule has 6 atom stereocenters. The Morgan fingerprint density at radius 1 is 0.840 bits per heavy atom. The number of rotatable bonds is 8. The Morgan fingerprint density at radius 3 is 1.86 bits per heavy atom. The average molecular weight is 833 g/mol. The van der Waals surface area contributed by atoms with E-state index in [-0.39, 0.29) is 33.9 Å². The molecule has 268 valence electrons. The minimum Gasteiger partial charge on any atom is -0.459 e. The molecule has 2 saturated carbocycles. The van der Waals surface area contributed by atoms with Crippen LogP contribution in [-0.2, 0) is 29.1 Å². The minimum atomic E-state index is -3.99. The van der Waals surface area contributed by atoms with E-state index in [1.807, 2.05) is 101 Å². The van der Waals surface area contributed by atoms with E-state index in [4.69, 9.17) is 15.2 Å². The number of esters is 2. The maximum absolute atomic E-state index is 13.4. The van der Waals surface area contributed by atoms with Crippen molar-refractivity contribution in [3.63, 3.8) is 0 Å². The summed E-state index contributed by atoms with van der Waals surface area (Å²) in [5.74, 6) is -1.25. The van der Waals surface area contributed by atoms with Crippen molar-refractivity contribution in [2.24, 2.45) is 17.6 Å². The topological polar surface area (TPSA) is 143 Å².